The van der Waals surface area contributed by atoms with Gasteiger partial charge < -0.3 is 14.2 Å². The van der Waals surface area contributed by atoms with E-state index in [9.17, 15) is 9.59 Å². The number of allylic oxidation sites excluding steroid dienone is 1. The van der Waals surface area contributed by atoms with Gasteiger partial charge in [0, 0.05) is 36.6 Å². The molecule has 7 nitrogen and oxygen atoms in total. The summed E-state index contributed by atoms with van der Waals surface area (Å²) in [4.78, 5) is 31.0. The summed E-state index contributed by atoms with van der Waals surface area (Å²) in [5.41, 5.74) is 4.67. The summed E-state index contributed by atoms with van der Waals surface area (Å²) in [5, 5.41) is 0. The van der Waals surface area contributed by atoms with Gasteiger partial charge in [0.2, 0.25) is 5.78 Å². The number of Topliss-reactive ketones (excluding diaryl/α,β-unsaturated/α-hetero) is 1. The quantitative estimate of drug-likeness (QED) is 0.444. The molecule has 0 atom stereocenters. The molecule has 3 aromatic rings. The second-order valence-electron chi connectivity index (χ2n) is 8.04. The van der Waals surface area contributed by atoms with Crippen LogP contribution in [0.4, 0.5) is 0 Å². The molecule has 2 aliphatic heterocycles. The number of methoxy groups -OCH3 is 1. The second-order valence-corrected chi connectivity index (χ2v) is 8.04. The monoisotopic (exact) mass is 442 g/mol. The molecular formula is C26H22N2O5. The van der Waals surface area contributed by atoms with Crippen molar-refractivity contribution in [2.45, 2.75) is 20.0 Å². The summed E-state index contributed by atoms with van der Waals surface area (Å²) < 4.78 is 16.7. The maximum Gasteiger partial charge on any atom is 0.337 e. The molecule has 7 heteroatoms. The zero-order valence-corrected chi connectivity index (χ0v) is 18.3. The van der Waals surface area contributed by atoms with Crippen LogP contribution in [0.3, 0.4) is 0 Å². The summed E-state index contributed by atoms with van der Waals surface area (Å²) in [7, 11) is 1.34. The minimum absolute atomic E-state index is 0.167. The van der Waals surface area contributed by atoms with Gasteiger partial charge in [0.05, 0.1) is 18.2 Å². The molecule has 0 saturated heterocycles. The van der Waals surface area contributed by atoms with Gasteiger partial charge in [-0.1, -0.05) is 12.1 Å². The van der Waals surface area contributed by atoms with Gasteiger partial charge in [0.1, 0.15) is 18.2 Å². The minimum atomic E-state index is -0.408. The molecule has 3 heterocycles. The van der Waals surface area contributed by atoms with Crippen LogP contribution in [-0.4, -0.2) is 35.5 Å². The van der Waals surface area contributed by atoms with E-state index in [0.29, 0.717) is 30.2 Å². The van der Waals surface area contributed by atoms with Crippen molar-refractivity contribution in [1.29, 1.82) is 0 Å². The third-order valence-corrected chi connectivity index (χ3v) is 5.79. The summed E-state index contributed by atoms with van der Waals surface area (Å²) in [6, 6.07) is 12.6. The van der Waals surface area contributed by atoms with Crippen LogP contribution in [0.2, 0.25) is 0 Å². The number of pyridine rings is 1. The lowest BCUT2D eigenvalue weighted by atomic mass is 9.99. The Morgan fingerprint density at radius 2 is 1.91 bits per heavy atom. The molecule has 5 rings (SSSR count). The van der Waals surface area contributed by atoms with Crippen LogP contribution in [0, 0.1) is 6.92 Å². The van der Waals surface area contributed by atoms with Gasteiger partial charge in [-0.15, -0.1) is 0 Å². The molecule has 0 amide bonds. The topological polar surface area (TPSA) is 78.0 Å². The van der Waals surface area contributed by atoms with Crippen molar-refractivity contribution in [1.82, 2.24) is 9.88 Å². The number of hydrogen-bond acceptors (Lipinski definition) is 7. The fraction of sp³-hybridized carbons (Fsp3) is 0.192. The van der Waals surface area contributed by atoms with Gasteiger partial charge in [0.15, 0.2) is 5.76 Å². The van der Waals surface area contributed by atoms with Crippen molar-refractivity contribution in [2.75, 3.05) is 13.8 Å². The Balaban J connectivity index is 1.39. The average Bonchev–Trinajstić information content (AvgIpc) is 3.15. The number of hydrogen-bond donors (Lipinski definition) is 0. The van der Waals surface area contributed by atoms with Gasteiger partial charge in [-0.2, -0.15) is 0 Å². The standard InChI is InChI=1S/C26H22N2O5/c1-16-24-20(14-28(15-32-24)13-18-7-9-27-10-8-18)12-21-23(29)22(33-25(16)21)11-17-3-5-19(6-4-17)26(30)31-2/h3-12H,13-15H2,1-2H3/b22-11-. The number of rotatable bonds is 4. The Kier molecular flexibility index (Phi) is 5.40. The van der Waals surface area contributed by atoms with E-state index in [-0.39, 0.29) is 11.5 Å². The molecule has 0 saturated carbocycles. The lowest BCUT2D eigenvalue weighted by molar-refractivity contribution is 0.0600. The first-order valence-electron chi connectivity index (χ1n) is 10.6. The Hall–Kier alpha value is -3.97. The van der Waals surface area contributed by atoms with Crippen LogP contribution in [0.25, 0.3) is 6.08 Å². The number of ketones is 1. The van der Waals surface area contributed by atoms with E-state index in [4.69, 9.17) is 14.2 Å². The first kappa shape index (κ1) is 20.9. The molecule has 33 heavy (non-hydrogen) atoms. The fourth-order valence-corrected chi connectivity index (χ4v) is 4.13. The Morgan fingerprint density at radius 3 is 2.64 bits per heavy atom. The summed E-state index contributed by atoms with van der Waals surface area (Å²) in [5.74, 6) is 0.984. The summed E-state index contributed by atoms with van der Waals surface area (Å²) >= 11 is 0. The van der Waals surface area contributed by atoms with Crippen molar-refractivity contribution in [2.24, 2.45) is 0 Å². The number of aromatic nitrogens is 1. The van der Waals surface area contributed by atoms with Crippen molar-refractivity contribution in [3.8, 4) is 11.5 Å². The smallest absolute Gasteiger partial charge is 0.337 e. The fourth-order valence-electron chi connectivity index (χ4n) is 4.13. The van der Waals surface area contributed by atoms with Gasteiger partial charge in [-0.3, -0.25) is 14.7 Å². The van der Waals surface area contributed by atoms with E-state index < -0.39 is 5.97 Å². The molecule has 0 radical (unpaired) electrons. The van der Waals surface area contributed by atoms with E-state index in [0.717, 1.165) is 34.5 Å². The predicted octanol–water partition coefficient (Wildman–Crippen LogP) is 4.14. The minimum Gasteiger partial charge on any atom is -0.477 e. The van der Waals surface area contributed by atoms with Crippen LogP contribution in [0.15, 0.2) is 60.6 Å². The molecule has 0 spiro atoms. The first-order chi connectivity index (χ1) is 16.0. The highest BCUT2D eigenvalue weighted by atomic mass is 16.5. The molecule has 2 aromatic carbocycles. The number of carbonyl (C=O) groups is 2. The van der Waals surface area contributed by atoms with Gasteiger partial charge in [0.25, 0.3) is 0 Å². The average molecular weight is 442 g/mol. The lowest BCUT2D eigenvalue weighted by Gasteiger charge is -2.30. The molecular weight excluding hydrogens is 420 g/mol. The van der Waals surface area contributed by atoms with Crippen molar-refractivity contribution in [3.63, 3.8) is 0 Å². The third kappa shape index (κ3) is 3.99. The summed E-state index contributed by atoms with van der Waals surface area (Å²) in [6.07, 6.45) is 5.23. The maximum absolute atomic E-state index is 13.1. The molecule has 1 aromatic heterocycles. The molecule has 0 bridgehead atoms. The van der Waals surface area contributed by atoms with Crippen LogP contribution in [0.5, 0.6) is 11.5 Å². The van der Waals surface area contributed by atoms with Crippen LogP contribution in [0.1, 0.15) is 43.0 Å². The number of fused-ring (bicyclic) bond motifs is 2. The highest BCUT2D eigenvalue weighted by Crippen LogP contribution is 2.43. The first-order valence-corrected chi connectivity index (χ1v) is 10.6. The number of ether oxygens (including phenoxy) is 3. The maximum atomic E-state index is 13.1. The number of nitrogens with zero attached hydrogens (tertiary/aromatic N) is 2. The van der Waals surface area contributed by atoms with E-state index in [1.54, 1.807) is 42.7 Å². The van der Waals surface area contributed by atoms with Gasteiger partial charge >= 0.3 is 5.97 Å². The normalized spacial score (nSPS) is 16.1. The number of benzene rings is 2. The summed E-state index contributed by atoms with van der Waals surface area (Å²) in [6.45, 7) is 3.78. The second kappa shape index (κ2) is 8.52. The van der Waals surface area contributed by atoms with Crippen LogP contribution in [-0.2, 0) is 17.8 Å². The number of carbonyl (C=O) groups excluding carboxylic acids is 2. The lowest BCUT2D eigenvalue weighted by Crippen LogP contribution is -2.32. The van der Waals surface area contributed by atoms with E-state index in [1.807, 2.05) is 25.1 Å². The number of esters is 1. The van der Waals surface area contributed by atoms with Crippen molar-refractivity contribution < 1.29 is 23.8 Å². The zero-order chi connectivity index (χ0) is 22.9. The largest absolute Gasteiger partial charge is 0.477 e. The molecule has 2 aliphatic rings. The molecule has 0 aliphatic carbocycles. The Morgan fingerprint density at radius 1 is 1.15 bits per heavy atom. The van der Waals surface area contributed by atoms with Crippen LogP contribution >= 0.6 is 0 Å². The molecule has 0 fully saturated rings. The highest BCUT2D eigenvalue weighted by Gasteiger charge is 2.33. The highest BCUT2D eigenvalue weighted by molar-refractivity contribution is 6.15. The SMILES string of the molecule is COC(=O)c1ccc(/C=C2\Oc3c(cc4c(c3C)OCN(Cc3ccncc3)C4)C2=O)cc1. The van der Waals surface area contributed by atoms with Crippen molar-refractivity contribution in [3.05, 3.63) is 94.0 Å². The van der Waals surface area contributed by atoms with E-state index >= 15 is 0 Å². The molecule has 0 unspecified atom stereocenters. The van der Waals surface area contributed by atoms with E-state index in [2.05, 4.69) is 9.88 Å². The molecule has 0 N–H and O–H groups in total. The molecule has 166 valence electrons. The Bertz CT molecular complexity index is 1270. The predicted molar refractivity (Wildman–Crippen MR) is 121 cm³/mol. The van der Waals surface area contributed by atoms with E-state index in [1.165, 1.54) is 7.11 Å². The van der Waals surface area contributed by atoms with Crippen molar-refractivity contribution >= 4 is 17.8 Å². The van der Waals surface area contributed by atoms with Crippen LogP contribution < -0.4 is 9.47 Å². The third-order valence-electron chi connectivity index (χ3n) is 5.79. The van der Waals surface area contributed by atoms with Gasteiger partial charge in [-0.25, -0.2) is 4.79 Å². The zero-order valence-electron chi connectivity index (χ0n) is 18.3. The Labute approximate surface area is 191 Å². The van der Waals surface area contributed by atoms with Gasteiger partial charge in [-0.05, 0) is 54.5 Å².